The van der Waals surface area contributed by atoms with Gasteiger partial charge in [-0.1, -0.05) is 12.1 Å². The summed E-state index contributed by atoms with van der Waals surface area (Å²) in [6.45, 7) is 2.06. The van der Waals surface area contributed by atoms with Crippen molar-refractivity contribution in [3.8, 4) is 5.75 Å². The van der Waals surface area contributed by atoms with Crippen LogP contribution in [-0.4, -0.2) is 7.11 Å². The Balaban J connectivity index is 2.19. The molecule has 1 heterocycles. The van der Waals surface area contributed by atoms with Gasteiger partial charge in [0.15, 0.2) is 0 Å². The third-order valence-electron chi connectivity index (χ3n) is 2.96. The van der Waals surface area contributed by atoms with Crippen LogP contribution in [0.25, 0.3) is 0 Å². The summed E-state index contributed by atoms with van der Waals surface area (Å²) in [5.74, 6) is 0.870. The molecule has 0 saturated heterocycles. The molecule has 1 atom stereocenters. The molecule has 0 saturated carbocycles. The van der Waals surface area contributed by atoms with Crippen molar-refractivity contribution in [2.24, 2.45) is 5.73 Å². The average molecular weight is 326 g/mol. The van der Waals surface area contributed by atoms with Crippen molar-refractivity contribution in [3.05, 3.63) is 50.6 Å². The van der Waals surface area contributed by atoms with Gasteiger partial charge in [-0.25, -0.2) is 0 Å². The number of benzene rings is 1. The van der Waals surface area contributed by atoms with E-state index in [1.165, 1.54) is 5.56 Å². The van der Waals surface area contributed by atoms with E-state index in [4.69, 9.17) is 10.5 Å². The molecule has 2 N–H and O–H groups in total. The maximum absolute atomic E-state index is 6.43. The lowest BCUT2D eigenvalue weighted by molar-refractivity contribution is 0.414. The van der Waals surface area contributed by atoms with Crippen molar-refractivity contribution in [1.82, 2.24) is 0 Å². The van der Waals surface area contributed by atoms with Gasteiger partial charge in [0.1, 0.15) is 5.75 Å². The molecular weight excluding hydrogens is 310 g/mol. The van der Waals surface area contributed by atoms with Gasteiger partial charge in [-0.3, -0.25) is 0 Å². The van der Waals surface area contributed by atoms with Gasteiger partial charge in [-0.2, -0.15) is 11.3 Å². The lowest BCUT2D eigenvalue weighted by Crippen LogP contribution is -2.35. The largest absolute Gasteiger partial charge is 0.497 e. The first-order chi connectivity index (χ1) is 8.53. The lowest BCUT2D eigenvalue weighted by atomic mass is 9.88. The zero-order valence-corrected chi connectivity index (χ0v) is 12.8. The summed E-state index contributed by atoms with van der Waals surface area (Å²) in [5.41, 5.74) is 8.43. The van der Waals surface area contributed by atoms with Crippen LogP contribution in [-0.2, 0) is 12.0 Å². The van der Waals surface area contributed by atoms with Gasteiger partial charge in [0.2, 0.25) is 0 Å². The predicted octanol–water partition coefficient (Wildman–Crippen LogP) is 3.94. The Morgan fingerprint density at radius 3 is 2.44 bits per heavy atom. The first kappa shape index (κ1) is 13.6. The zero-order valence-electron chi connectivity index (χ0n) is 10.4. The second-order valence-electron chi connectivity index (χ2n) is 4.58. The maximum Gasteiger partial charge on any atom is 0.118 e. The quantitative estimate of drug-likeness (QED) is 0.924. The van der Waals surface area contributed by atoms with E-state index in [2.05, 4.69) is 45.7 Å². The van der Waals surface area contributed by atoms with E-state index < -0.39 is 0 Å². The molecule has 0 amide bonds. The number of rotatable bonds is 4. The molecule has 0 aliphatic rings. The molecule has 0 aliphatic carbocycles. The molecule has 0 spiro atoms. The molecule has 1 aromatic carbocycles. The lowest BCUT2D eigenvalue weighted by Gasteiger charge is -2.25. The number of nitrogens with two attached hydrogens (primary N) is 1. The first-order valence-electron chi connectivity index (χ1n) is 5.67. The van der Waals surface area contributed by atoms with Gasteiger partial charge in [0.25, 0.3) is 0 Å². The fourth-order valence-corrected chi connectivity index (χ4v) is 3.84. The van der Waals surface area contributed by atoms with Crippen LogP contribution >= 0.6 is 27.3 Å². The van der Waals surface area contributed by atoms with E-state index in [0.717, 1.165) is 22.2 Å². The van der Waals surface area contributed by atoms with E-state index in [1.807, 2.05) is 12.1 Å². The Bertz CT molecular complexity index is 519. The number of thiophene rings is 1. The van der Waals surface area contributed by atoms with Gasteiger partial charge in [-0.05, 0) is 57.9 Å². The Labute approximate surface area is 120 Å². The Hall–Kier alpha value is -0.840. The molecule has 4 heteroatoms. The van der Waals surface area contributed by atoms with Gasteiger partial charge < -0.3 is 10.5 Å². The van der Waals surface area contributed by atoms with Crippen LogP contribution in [0.2, 0.25) is 0 Å². The SMILES string of the molecule is COc1ccc(CC(C)(N)c2cscc2Br)cc1. The molecule has 96 valence electrons. The fourth-order valence-electron chi connectivity index (χ4n) is 1.95. The average Bonchev–Trinajstić information content (AvgIpc) is 2.77. The van der Waals surface area contributed by atoms with Crippen LogP contribution in [0.15, 0.2) is 39.5 Å². The van der Waals surface area contributed by atoms with Crippen molar-refractivity contribution < 1.29 is 4.74 Å². The zero-order chi connectivity index (χ0) is 13.2. The minimum Gasteiger partial charge on any atom is -0.497 e. The second-order valence-corrected chi connectivity index (χ2v) is 6.17. The topological polar surface area (TPSA) is 35.2 Å². The third-order valence-corrected chi connectivity index (χ3v) is 4.66. The smallest absolute Gasteiger partial charge is 0.118 e. The van der Waals surface area contributed by atoms with Crippen LogP contribution in [0, 0.1) is 0 Å². The van der Waals surface area contributed by atoms with Gasteiger partial charge >= 0.3 is 0 Å². The maximum atomic E-state index is 6.43. The van der Waals surface area contributed by atoms with E-state index in [9.17, 15) is 0 Å². The number of hydrogen-bond donors (Lipinski definition) is 1. The van der Waals surface area contributed by atoms with Crippen LogP contribution in [0.1, 0.15) is 18.1 Å². The van der Waals surface area contributed by atoms with Crippen molar-refractivity contribution in [3.63, 3.8) is 0 Å². The van der Waals surface area contributed by atoms with Crippen molar-refractivity contribution in [1.29, 1.82) is 0 Å². The molecule has 0 radical (unpaired) electrons. The van der Waals surface area contributed by atoms with E-state index >= 15 is 0 Å². The highest BCUT2D eigenvalue weighted by Crippen LogP contribution is 2.32. The Morgan fingerprint density at radius 2 is 1.94 bits per heavy atom. The molecule has 0 aliphatic heterocycles. The molecule has 2 aromatic rings. The van der Waals surface area contributed by atoms with Gasteiger partial charge in [-0.15, -0.1) is 0 Å². The third kappa shape index (κ3) is 2.94. The minimum absolute atomic E-state index is 0.368. The summed E-state index contributed by atoms with van der Waals surface area (Å²) in [6.07, 6.45) is 0.798. The molecule has 18 heavy (non-hydrogen) atoms. The van der Waals surface area contributed by atoms with Crippen LogP contribution in [0.5, 0.6) is 5.75 Å². The minimum atomic E-state index is -0.368. The van der Waals surface area contributed by atoms with E-state index in [1.54, 1.807) is 18.4 Å². The number of methoxy groups -OCH3 is 1. The molecular formula is C14H16BrNOS. The highest BCUT2D eigenvalue weighted by atomic mass is 79.9. The number of ether oxygens (including phenoxy) is 1. The molecule has 2 rings (SSSR count). The van der Waals surface area contributed by atoms with Crippen LogP contribution < -0.4 is 10.5 Å². The highest BCUT2D eigenvalue weighted by molar-refractivity contribution is 9.10. The molecule has 2 nitrogen and oxygen atoms in total. The normalized spacial score (nSPS) is 14.2. The number of hydrogen-bond acceptors (Lipinski definition) is 3. The van der Waals surface area contributed by atoms with Crippen molar-refractivity contribution in [2.45, 2.75) is 18.9 Å². The monoisotopic (exact) mass is 325 g/mol. The summed E-state index contributed by atoms with van der Waals surface area (Å²) in [7, 11) is 1.67. The van der Waals surface area contributed by atoms with Gasteiger partial charge in [0.05, 0.1) is 7.11 Å². The summed E-state index contributed by atoms with van der Waals surface area (Å²) >= 11 is 5.21. The number of halogens is 1. The first-order valence-corrected chi connectivity index (χ1v) is 7.40. The summed E-state index contributed by atoms with van der Waals surface area (Å²) in [6, 6.07) is 8.05. The molecule has 1 unspecified atom stereocenters. The fraction of sp³-hybridized carbons (Fsp3) is 0.286. The Kier molecular flexibility index (Phi) is 4.10. The Morgan fingerprint density at radius 1 is 1.28 bits per heavy atom. The summed E-state index contributed by atoms with van der Waals surface area (Å²) in [4.78, 5) is 0. The van der Waals surface area contributed by atoms with Crippen LogP contribution in [0.4, 0.5) is 0 Å². The molecule has 0 fully saturated rings. The van der Waals surface area contributed by atoms with Crippen LogP contribution in [0.3, 0.4) is 0 Å². The molecule has 0 bridgehead atoms. The van der Waals surface area contributed by atoms with E-state index in [-0.39, 0.29) is 5.54 Å². The molecule has 1 aromatic heterocycles. The van der Waals surface area contributed by atoms with Gasteiger partial charge in [0, 0.05) is 15.4 Å². The second kappa shape index (κ2) is 5.43. The van der Waals surface area contributed by atoms with E-state index in [0.29, 0.717) is 0 Å². The van der Waals surface area contributed by atoms with Crippen molar-refractivity contribution >= 4 is 27.3 Å². The summed E-state index contributed by atoms with van der Waals surface area (Å²) in [5, 5.41) is 4.17. The summed E-state index contributed by atoms with van der Waals surface area (Å²) < 4.78 is 6.24. The van der Waals surface area contributed by atoms with Crippen molar-refractivity contribution in [2.75, 3.05) is 7.11 Å². The highest BCUT2D eigenvalue weighted by Gasteiger charge is 2.24. The standard InChI is InChI=1S/C14H16BrNOS/c1-14(16,12-8-18-9-13(12)15)7-10-3-5-11(17-2)6-4-10/h3-6,8-9H,7,16H2,1-2H3. The predicted molar refractivity (Wildman–Crippen MR) is 80.3 cm³/mol.